The third-order valence-electron chi connectivity index (χ3n) is 1.81. The van der Waals surface area contributed by atoms with Gasteiger partial charge in [-0.2, -0.15) is 0 Å². The number of rotatable bonds is 0. The molecule has 0 aromatic carbocycles. The zero-order chi connectivity index (χ0) is 9.42. The zero-order valence-corrected chi connectivity index (χ0v) is 6.96. The summed E-state index contributed by atoms with van der Waals surface area (Å²) >= 11 is 0. The Kier molecular flexibility index (Phi) is 1.55. The average Bonchev–Trinajstić information content (AvgIpc) is 2.08. The van der Waals surface area contributed by atoms with Crippen LogP contribution in [0.1, 0.15) is 5.56 Å². The monoisotopic (exact) mass is 177 g/mol. The van der Waals surface area contributed by atoms with Crippen LogP contribution in [0.4, 0.5) is 0 Å². The number of H-pyrrole nitrogens is 1. The molecule has 13 heavy (non-hydrogen) atoms. The van der Waals surface area contributed by atoms with Crippen molar-refractivity contribution in [2.45, 2.75) is 6.92 Å². The van der Waals surface area contributed by atoms with Gasteiger partial charge in [0.05, 0.1) is 0 Å². The lowest BCUT2D eigenvalue weighted by molar-refractivity contribution is 0.554. The molecule has 2 rings (SSSR count). The molecule has 0 bridgehead atoms. The van der Waals surface area contributed by atoms with Crippen LogP contribution < -0.4 is 11.2 Å². The maximum absolute atomic E-state index is 11.1. The Morgan fingerprint density at radius 3 is 2.85 bits per heavy atom. The van der Waals surface area contributed by atoms with E-state index in [0.29, 0.717) is 11.1 Å². The highest BCUT2D eigenvalue weighted by molar-refractivity contribution is 5.75. The molecule has 0 fully saturated rings. The van der Waals surface area contributed by atoms with Crippen LogP contribution in [0.25, 0.3) is 11.0 Å². The van der Waals surface area contributed by atoms with E-state index in [1.807, 2.05) is 0 Å². The van der Waals surface area contributed by atoms with Gasteiger partial charge in [-0.05, 0) is 13.0 Å². The molecular weight excluding hydrogens is 170 g/mol. The second-order valence-electron chi connectivity index (χ2n) is 2.83. The van der Waals surface area contributed by atoms with Crippen LogP contribution in [0.2, 0.25) is 0 Å². The molecule has 0 saturated heterocycles. The van der Waals surface area contributed by atoms with Crippen LogP contribution in [0.5, 0.6) is 0 Å². The Bertz CT molecular complexity index is 565. The van der Waals surface area contributed by atoms with Gasteiger partial charge in [-0.15, -0.1) is 0 Å². The minimum Gasteiger partial charge on any atom is -0.422 e. The Balaban J connectivity index is 2.97. The minimum absolute atomic E-state index is 0.278. The van der Waals surface area contributed by atoms with E-state index >= 15 is 0 Å². The first-order valence-electron chi connectivity index (χ1n) is 3.80. The topological polar surface area (TPSA) is 63.1 Å². The maximum atomic E-state index is 11.1. The summed E-state index contributed by atoms with van der Waals surface area (Å²) in [6.07, 6.45) is 1.52. The van der Waals surface area contributed by atoms with Crippen LogP contribution in [-0.2, 0) is 0 Å². The molecule has 0 aliphatic rings. The molecular formula is C9H7NO3. The molecule has 0 atom stereocenters. The highest BCUT2D eigenvalue weighted by atomic mass is 16.4. The van der Waals surface area contributed by atoms with E-state index in [9.17, 15) is 9.59 Å². The molecule has 0 aliphatic heterocycles. The molecule has 0 saturated carbocycles. The van der Waals surface area contributed by atoms with Gasteiger partial charge in [-0.1, -0.05) is 0 Å². The number of aromatic amines is 1. The number of pyridine rings is 1. The summed E-state index contributed by atoms with van der Waals surface area (Å²) in [4.78, 5) is 24.4. The lowest BCUT2D eigenvalue weighted by Crippen LogP contribution is -2.06. The molecule has 66 valence electrons. The third-order valence-corrected chi connectivity index (χ3v) is 1.81. The van der Waals surface area contributed by atoms with Gasteiger partial charge in [0.25, 0.3) is 5.56 Å². The van der Waals surface area contributed by atoms with Gasteiger partial charge in [0.15, 0.2) is 0 Å². The van der Waals surface area contributed by atoms with Crippen LogP contribution >= 0.6 is 0 Å². The summed E-state index contributed by atoms with van der Waals surface area (Å²) in [5.74, 6) is 0. The number of hydrogen-bond acceptors (Lipinski definition) is 3. The fraction of sp³-hybridized carbons (Fsp3) is 0.111. The van der Waals surface area contributed by atoms with Crippen molar-refractivity contribution in [1.82, 2.24) is 4.98 Å². The lowest BCUT2D eigenvalue weighted by atomic mass is 10.2. The highest BCUT2D eigenvalue weighted by Gasteiger charge is 2.00. The van der Waals surface area contributed by atoms with Gasteiger partial charge in [0, 0.05) is 23.2 Å². The first kappa shape index (κ1) is 7.79. The molecule has 4 heteroatoms. The fourth-order valence-corrected chi connectivity index (χ4v) is 1.14. The molecule has 0 radical (unpaired) electrons. The normalized spacial score (nSPS) is 10.5. The third kappa shape index (κ3) is 1.26. The van der Waals surface area contributed by atoms with Crippen molar-refractivity contribution in [1.29, 1.82) is 0 Å². The number of aromatic nitrogens is 1. The van der Waals surface area contributed by atoms with Crippen molar-refractivity contribution in [3.63, 3.8) is 0 Å². The van der Waals surface area contributed by atoms with Gasteiger partial charge < -0.3 is 9.40 Å². The van der Waals surface area contributed by atoms with E-state index in [4.69, 9.17) is 4.42 Å². The van der Waals surface area contributed by atoms with Crippen molar-refractivity contribution in [2.24, 2.45) is 0 Å². The first-order chi connectivity index (χ1) is 6.16. The Hall–Kier alpha value is -1.84. The number of aryl methyl sites for hydroxylation is 1. The number of hydrogen-bond donors (Lipinski definition) is 1. The predicted molar refractivity (Wildman–Crippen MR) is 47.8 cm³/mol. The molecule has 4 nitrogen and oxygen atoms in total. The van der Waals surface area contributed by atoms with E-state index in [1.165, 1.54) is 12.3 Å². The predicted octanol–water partition coefficient (Wildman–Crippen LogP) is 0.790. The molecule has 2 aromatic rings. The molecule has 1 N–H and O–H groups in total. The summed E-state index contributed by atoms with van der Waals surface area (Å²) in [6.45, 7) is 1.66. The van der Waals surface area contributed by atoms with Crippen LogP contribution in [0.15, 0.2) is 32.3 Å². The van der Waals surface area contributed by atoms with Crippen molar-refractivity contribution >= 4 is 11.0 Å². The number of fused-ring (bicyclic) bond motifs is 1. The Morgan fingerprint density at radius 2 is 2.08 bits per heavy atom. The van der Waals surface area contributed by atoms with E-state index in [0.717, 1.165) is 5.39 Å². The summed E-state index contributed by atoms with van der Waals surface area (Å²) in [7, 11) is 0. The largest absolute Gasteiger partial charge is 0.422 e. The van der Waals surface area contributed by atoms with Gasteiger partial charge in [-0.25, -0.2) is 4.79 Å². The van der Waals surface area contributed by atoms with Gasteiger partial charge in [0.2, 0.25) is 0 Å². The fourth-order valence-electron chi connectivity index (χ4n) is 1.14. The Morgan fingerprint density at radius 1 is 1.31 bits per heavy atom. The van der Waals surface area contributed by atoms with Crippen LogP contribution in [-0.4, -0.2) is 4.98 Å². The van der Waals surface area contributed by atoms with Gasteiger partial charge >= 0.3 is 5.63 Å². The zero-order valence-electron chi connectivity index (χ0n) is 6.96. The molecule has 0 amide bonds. The summed E-state index contributed by atoms with van der Waals surface area (Å²) < 4.78 is 4.90. The summed E-state index contributed by atoms with van der Waals surface area (Å²) in [5.41, 5.74) is 0.163. The second-order valence-corrected chi connectivity index (χ2v) is 2.83. The highest BCUT2D eigenvalue weighted by Crippen LogP contribution is 2.08. The van der Waals surface area contributed by atoms with Crippen LogP contribution in [0, 0.1) is 6.92 Å². The lowest BCUT2D eigenvalue weighted by Gasteiger charge is -1.95. The van der Waals surface area contributed by atoms with E-state index in [-0.39, 0.29) is 5.56 Å². The molecule has 2 heterocycles. The smallest absolute Gasteiger partial charge is 0.339 e. The quantitative estimate of drug-likeness (QED) is 0.647. The van der Waals surface area contributed by atoms with Crippen molar-refractivity contribution in [2.75, 3.05) is 0 Å². The maximum Gasteiger partial charge on any atom is 0.339 e. The SMILES string of the molecule is Cc1cc2c[nH]c(=O)cc2oc1=O. The molecule has 2 aromatic heterocycles. The minimum atomic E-state index is -0.405. The summed E-state index contributed by atoms with van der Waals surface area (Å²) in [6, 6.07) is 2.94. The van der Waals surface area contributed by atoms with Crippen LogP contribution in [0.3, 0.4) is 0 Å². The first-order valence-corrected chi connectivity index (χ1v) is 3.80. The van der Waals surface area contributed by atoms with E-state index in [1.54, 1.807) is 13.0 Å². The van der Waals surface area contributed by atoms with Gasteiger partial charge in [0.1, 0.15) is 5.58 Å². The second kappa shape index (κ2) is 2.58. The molecule has 0 spiro atoms. The average molecular weight is 177 g/mol. The van der Waals surface area contributed by atoms with Gasteiger partial charge in [-0.3, -0.25) is 4.79 Å². The molecule has 0 aliphatic carbocycles. The Labute approximate surface area is 72.8 Å². The van der Waals surface area contributed by atoms with Crippen molar-refractivity contribution in [3.05, 3.63) is 44.7 Å². The van der Waals surface area contributed by atoms with E-state index in [2.05, 4.69) is 4.98 Å². The molecule has 0 unspecified atom stereocenters. The number of nitrogens with one attached hydrogen (secondary N) is 1. The van der Waals surface area contributed by atoms with Crippen molar-refractivity contribution < 1.29 is 4.42 Å². The standard InChI is InChI=1S/C9H7NO3/c1-5-2-6-4-10-8(11)3-7(6)13-9(5)12/h2-4H,1H3,(H,10,11). The van der Waals surface area contributed by atoms with Crippen molar-refractivity contribution in [3.8, 4) is 0 Å². The van der Waals surface area contributed by atoms with E-state index < -0.39 is 5.63 Å². The summed E-state index contributed by atoms with van der Waals surface area (Å²) in [5, 5.41) is 0.719.